The molecule has 0 aliphatic rings. The van der Waals surface area contributed by atoms with Crippen LogP contribution in [-0.4, -0.2) is 4.98 Å². The highest BCUT2D eigenvalue weighted by Crippen LogP contribution is 1.82. The van der Waals surface area contributed by atoms with Crippen LogP contribution in [0.3, 0.4) is 0 Å². The Labute approximate surface area is 206 Å². The second-order valence-electron chi connectivity index (χ2n) is 9.11. The second kappa shape index (κ2) is 47.2. The largest absolute Gasteiger partial charge is 0.265 e. The summed E-state index contributed by atoms with van der Waals surface area (Å²) < 4.78 is 0. The SMILES string of the molecule is CC.CC.CC(C)C.CC(C)C.CC(C)C.CC(C)C.c1ccccc1.c1ccncc1. The van der Waals surface area contributed by atoms with Crippen molar-refractivity contribution in [2.24, 2.45) is 23.7 Å². The lowest BCUT2D eigenvalue weighted by atomic mass is 10.3. The van der Waals surface area contributed by atoms with E-state index in [9.17, 15) is 0 Å². The van der Waals surface area contributed by atoms with Crippen LogP contribution in [0.25, 0.3) is 0 Å². The van der Waals surface area contributed by atoms with Gasteiger partial charge in [0.25, 0.3) is 0 Å². The average molecular weight is 450 g/mol. The third-order valence-electron chi connectivity index (χ3n) is 1.23. The monoisotopic (exact) mass is 449 g/mol. The van der Waals surface area contributed by atoms with Crippen molar-refractivity contribution in [1.82, 2.24) is 4.98 Å². The number of hydrogen-bond acceptors (Lipinski definition) is 1. The molecule has 0 bridgehead atoms. The van der Waals surface area contributed by atoms with Gasteiger partial charge in [-0.3, -0.25) is 4.98 Å². The van der Waals surface area contributed by atoms with Gasteiger partial charge < -0.3 is 0 Å². The summed E-state index contributed by atoms with van der Waals surface area (Å²) in [5, 5.41) is 0. The lowest BCUT2D eigenvalue weighted by Gasteiger charge is -1.79. The summed E-state index contributed by atoms with van der Waals surface area (Å²) in [6.45, 7) is 34.0. The molecular weight excluding hydrogens is 386 g/mol. The van der Waals surface area contributed by atoms with E-state index in [0.29, 0.717) is 0 Å². The zero-order valence-corrected chi connectivity index (χ0v) is 25.1. The molecule has 0 spiro atoms. The van der Waals surface area contributed by atoms with Crippen LogP contribution in [0.4, 0.5) is 0 Å². The van der Waals surface area contributed by atoms with Crippen molar-refractivity contribution in [3.05, 3.63) is 67.0 Å². The molecule has 0 aliphatic heterocycles. The minimum atomic E-state index is 0.833. The summed E-state index contributed by atoms with van der Waals surface area (Å²) in [5.41, 5.74) is 0. The van der Waals surface area contributed by atoms with Crippen LogP contribution < -0.4 is 0 Å². The first-order chi connectivity index (χ1) is 14.9. The fourth-order valence-electron chi connectivity index (χ4n) is 0.698. The average Bonchev–Trinajstić information content (AvgIpc) is 2.72. The molecule has 0 saturated heterocycles. The van der Waals surface area contributed by atoms with Gasteiger partial charge in [-0.15, -0.1) is 0 Å². The topological polar surface area (TPSA) is 12.9 Å². The molecule has 2 rings (SSSR count). The van der Waals surface area contributed by atoms with E-state index < -0.39 is 0 Å². The van der Waals surface area contributed by atoms with Crippen LogP contribution in [0, 0.1) is 23.7 Å². The molecule has 192 valence electrons. The third-order valence-corrected chi connectivity index (χ3v) is 1.23. The van der Waals surface area contributed by atoms with E-state index in [4.69, 9.17) is 0 Å². The lowest BCUT2D eigenvalue weighted by Crippen LogP contribution is -1.66. The molecule has 0 fully saturated rings. The standard InChI is InChI=1S/C6H6.C5H5N.4C4H10.2C2H6/c2*1-2-4-6-5-3-1;4*1-4(2)3;2*1-2/h1-6H;1-5H;4*4H,1-3H3;2*1-2H3. The van der Waals surface area contributed by atoms with Crippen molar-refractivity contribution in [3.63, 3.8) is 0 Å². The molecular formula is C31H63N. The summed E-state index contributed by atoms with van der Waals surface area (Å²) in [6, 6.07) is 17.7. The summed E-state index contributed by atoms with van der Waals surface area (Å²) in [5.74, 6) is 3.33. The van der Waals surface area contributed by atoms with Gasteiger partial charge in [0.1, 0.15) is 0 Å². The highest BCUT2D eigenvalue weighted by Gasteiger charge is 1.69. The maximum atomic E-state index is 3.78. The van der Waals surface area contributed by atoms with E-state index in [0.717, 1.165) is 23.7 Å². The minimum absolute atomic E-state index is 0.833. The molecule has 1 nitrogen and oxygen atoms in total. The van der Waals surface area contributed by atoms with Gasteiger partial charge in [0.05, 0.1) is 0 Å². The van der Waals surface area contributed by atoms with Gasteiger partial charge in [-0.05, 0) is 35.8 Å². The zero-order valence-electron chi connectivity index (χ0n) is 25.1. The number of pyridine rings is 1. The predicted octanol–water partition coefficient (Wildman–Crippen LogP) is 11.5. The Morgan fingerprint density at radius 3 is 0.500 bits per heavy atom. The minimum Gasteiger partial charge on any atom is -0.265 e. The molecule has 1 aromatic carbocycles. The number of benzene rings is 1. The first-order valence-electron chi connectivity index (χ1n) is 12.8. The van der Waals surface area contributed by atoms with Crippen molar-refractivity contribution < 1.29 is 0 Å². The molecule has 1 heterocycles. The quantitative estimate of drug-likeness (QED) is 0.389. The highest BCUT2D eigenvalue weighted by molar-refractivity contribution is 4.99. The van der Waals surface area contributed by atoms with Crippen LogP contribution in [0.15, 0.2) is 67.0 Å². The van der Waals surface area contributed by atoms with Gasteiger partial charge in [0.2, 0.25) is 0 Å². The smallest absolute Gasteiger partial charge is 0.0267 e. The molecule has 2 aromatic rings. The third kappa shape index (κ3) is 198. The van der Waals surface area contributed by atoms with Gasteiger partial charge >= 0.3 is 0 Å². The molecule has 32 heavy (non-hydrogen) atoms. The molecule has 0 aliphatic carbocycles. The zero-order chi connectivity index (χ0) is 26.8. The van der Waals surface area contributed by atoms with Crippen LogP contribution in [0.5, 0.6) is 0 Å². The summed E-state index contributed by atoms with van der Waals surface area (Å²) in [7, 11) is 0. The van der Waals surface area contributed by atoms with Crippen LogP contribution in [0.2, 0.25) is 0 Å². The molecule has 0 atom stereocenters. The van der Waals surface area contributed by atoms with Gasteiger partial charge in [-0.2, -0.15) is 0 Å². The molecule has 0 N–H and O–H groups in total. The lowest BCUT2D eigenvalue weighted by molar-refractivity contribution is 0.736. The van der Waals surface area contributed by atoms with E-state index in [1.54, 1.807) is 12.4 Å². The van der Waals surface area contributed by atoms with Crippen LogP contribution in [-0.2, 0) is 0 Å². The molecule has 1 heteroatoms. The van der Waals surface area contributed by atoms with E-state index >= 15 is 0 Å². The first kappa shape index (κ1) is 44.1. The van der Waals surface area contributed by atoms with Gasteiger partial charge in [0.15, 0.2) is 0 Å². The molecule has 0 radical (unpaired) electrons. The maximum absolute atomic E-state index is 3.78. The van der Waals surface area contributed by atoms with Crippen molar-refractivity contribution in [2.45, 2.75) is 111 Å². The number of rotatable bonds is 0. The highest BCUT2D eigenvalue weighted by atomic mass is 14.6. The Balaban J connectivity index is -0.0000000622. The number of aromatic nitrogens is 1. The van der Waals surface area contributed by atoms with E-state index in [1.165, 1.54) is 0 Å². The van der Waals surface area contributed by atoms with Crippen molar-refractivity contribution >= 4 is 0 Å². The van der Waals surface area contributed by atoms with Crippen molar-refractivity contribution in [2.75, 3.05) is 0 Å². The van der Waals surface area contributed by atoms with Crippen molar-refractivity contribution in [1.29, 1.82) is 0 Å². The molecule has 0 unspecified atom stereocenters. The Kier molecular flexibility index (Phi) is 65.1. The predicted molar refractivity (Wildman–Crippen MR) is 155 cm³/mol. The first-order valence-corrected chi connectivity index (χ1v) is 12.8. The Hall–Kier alpha value is -1.63. The van der Waals surface area contributed by atoms with Crippen LogP contribution >= 0.6 is 0 Å². The molecule has 0 saturated carbocycles. The van der Waals surface area contributed by atoms with Crippen molar-refractivity contribution in [3.8, 4) is 0 Å². The Morgan fingerprint density at radius 2 is 0.438 bits per heavy atom. The Morgan fingerprint density at radius 1 is 0.312 bits per heavy atom. The maximum Gasteiger partial charge on any atom is 0.0267 e. The summed E-state index contributed by atoms with van der Waals surface area (Å²) in [6.07, 6.45) is 3.50. The van der Waals surface area contributed by atoms with Gasteiger partial charge in [-0.1, -0.05) is 153 Å². The fraction of sp³-hybridized carbons (Fsp3) is 0.645. The molecule has 0 amide bonds. The fourth-order valence-corrected chi connectivity index (χ4v) is 0.698. The summed E-state index contributed by atoms with van der Waals surface area (Å²) >= 11 is 0. The Bertz CT molecular complexity index is 299. The number of nitrogens with zero attached hydrogens (tertiary/aromatic N) is 1. The van der Waals surface area contributed by atoms with Gasteiger partial charge in [0, 0.05) is 12.4 Å². The normalized spacial score (nSPS) is 7.88. The van der Waals surface area contributed by atoms with Gasteiger partial charge in [-0.25, -0.2) is 0 Å². The molecule has 1 aromatic heterocycles. The van der Waals surface area contributed by atoms with E-state index in [1.807, 2.05) is 82.3 Å². The van der Waals surface area contributed by atoms with E-state index in [-0.39, 0.29) is 0 Å². The number of hydrogen-bond donors (Lipinski definition) is 0. The summed E-state index contributed by atoms with van der Waals surface area (Å²) in [4.78, 5) is 3.78. The second-order valence-corrected chi connectivity index (χ2v) is 9.11. The van der Waals surface area contributed by atoms with Crippen LogP contribution in [0.1, 0.15) is 111 Å². The van der Waals surface area contributed by atoms with E-state index in [2.05, 4.69) is 88.1 Å².